The van der Waals surface area contributed by atoms with Crippen LogP contribution in [0.25, 0.3) is 5.52 Å². The smallest absolute Gasteiger partial charge is 0.287 e. The highest BCUT2D eigenvalue weighted by atomic mass is 16.2. The van der Waals surface area contributed by atoms with Gasteiger partial charge in [0.2, 0.25) is 11.7 Å². The number of amides is 3. The summed E-state index contributed by atoms with van der Waals surface area (Å²) in [4.78, 5) is 40.4. The molecule has 0 atom stereocenters. The van der Waals surface area contributed by atoms with Gasteiger partial charge in [0.15, 0.2) is 5.69 Å². The van der Waals surface area contributed by atoms with Crippen LogP contribution in [-0.2, 0) is 4.79 Å². The number of imidazole rings is 1. The van der Waals surface area contributed by atoms with E-state index in [1.165, 1.54) is 6.92 Å². The molecule has 3 aromatic rings. The maximum absolute atomic E-state index is 12.7. The number of nitrogens with zero attached hydrogens (tertiary/aromatic N) is 2. The third-order valence-electron chi connectivity index (χ3n) is 3.84. The molecule has 3 rings (SSSR count). The van der Waals surface area contributed by atoms with Gasteiger partial charge in [-0.25, -0.2) is 4.98 Å². The van der Waals surface area contributed by atoms with Crippen molar-refractivity contribution in [2.24, 2.45) is 0 Å². The molecular weight excluding hydrogens is 358 g/mol. The van der Waals surface area contributed by atoms with E-state index in [2.05, 4.69) is 27.5 Å². The molecule has 0 unspecified atom stereocenters. The zero-order valence-corrected chi connectivity index (χ0v) is 15.2. The number of anilines is 2. The molecule has 0 spiro atoms. The maximum atomic E-state index is 12.7. The van der Waals surface area contributed by atoms with Gasteiger partial charge in [0.05, 0.1) is 5.52 Å². The molecule has 3 amide bonds. The van der Waals surface area contributed by atoms with E-state index in [0.29, 0.717) is 23.4 Å². The number of hydrogen-bond donors (Lipinski definition) is 3. The molecule has 0 bridgehead atoms. The Hall–Kier alpha value is -3.94. The first kappa shape index (κ1) is 18.8. The van der Waals surface area contributed by atoms with Gasteiger partial charge in [-0.3, -0.25) is 18.8 Å². The first-order valence-corrected chi connectivity index (χ1v) is 8.55. The second-order valence-corrected chi connectivity index (χ2v) is 5.95. The molecular formula is C20H19N5O3. The number of carbonyl (C=O) groups is 3. The third kappa shape index (κ3) is 4.07. The highest BCUT2D eigenvalue weighted by Gasteiger charge is 2.21. The lowest BCUT2D eigenvalue weighted by Gasteiger charge is -2.06. The summed E-state index contributed by atoms with van der Waals surface area (Å²) in [5.41, 5.74) is 1.81. The topological polar surface area (TPSA) is 105 Å². The molecule has 0 saturated carbocycles. The van der Waals surface area contributed by atoms with Crippen LogP contribution in [0.1, 0.15) is 28.0 Å². The van der Waals surface area contributed by atoms with Crippen molar-refractivity contribution in [3.8, 4) is 0 Å². The molecule has 0 radical (unpaired) electrons. The molecule has 0 aliphatic rings. The number of benzene rings is 1. The zero-order chi connectivity index (χ0) is 20.1. The second-order valence-electron chi connectivity index (χ2n) is 5.95. The average molecular weight is 377 g/mol. The van der Waals surface area contributed by atoms with E-state index in [1.54, 1.807) is 59.1 Å². The van der Waals surface area contributed by atoms with E-state index in [1.807, 2.05) is 0 Å². The molecule has 1 aromatic carbocycles. The molecule has 0 aliphatic heterocycles. The minimum atomic E-state index is -0.446. The van der Waals surface area contributed by atoms with Crippen molar-refractivity contribution in [3.05, 3.63) is 72.8 Å². The molecule has 142 valence electrons. The molecule has 3 N–H and O–H groups in total. The highest BCUT2D eigenvalue weighted by Crippen LogP contribution is 2.17. The number of carbonyl (C=O) groups excluding carboxylic acids is 3. The average Bonchev–Trinajstić information content (AvgIpc) is 3.07. The Labute approximate surface area is 161 Å². The van der Waals surface area contributed by atoms with Gasteiger partial charge in [-0.05, 0) is 36.4 Å². The number of hydrogen-bond acceptors (Lipinski definition) is 4. The molecule has 28 heavy (non-hydrogen) atoms. The van der Waals surface area contributed by atoms with Crippen LogP contribution in [-0.4, -0.2) is 33.7 Å². The van der Waals surface area contributed by atoms with E-state index in [4.69, 9.17) is 0 Å². The fraction of sp³-hybridized carbons (Fsp3) is 0.100. The first-order chi connectivity index (χ1) is 13.5. The lowest BCUT2D eigenvalue weighted by atomic mass is 10.2. The van der Waals surface area contributed by atoms with Crippen LogP contribution < -0.4 is 16.0 Å². The number of aromatic nitrogens is 2. The number of nitrogens with one attached hydrogen (secondary N) is 3. The summed E-state index contributed by atoms with van der Waals surface area (Å²) in [6, 6.07) is 11.9. The summed E-state index contributed by atoms with van der Waals surface area (Å²) in [5.74, 6) is -0.911. The Kier molecular flexibility index (Phi) is 5.50. The minimum Gasteiger partial charge on any atom is -0.346 e. The lowest BCUT2D eigenvalue weighted by molar-refractivity contribution is -0.114. The molecule has 8 heteroatoms. The van der Waals surface area contributed by atoms with E-state index >= 15 is 0 Å². The van der Waals surface area contributed by atoms with Crippen LogP contribution in [0.3, 0.4) is 0 Å². The Balaban J connectivity index is 1.86. The number of fused-ring (bicyclic) bond motifs is 1. The molecule has 8 nitrogen and oxygen atoms in total. The van der Waals surface area contributed by atoms with Crippen LogP contribution in [0, 0.1) is 0 Å². The van der Waals surface area contributed by atoms with Gasteiger partial charge in [-0.1, -0.05) is 12.1 Å². The van der Waals surface area contributed by atoms with Crippen molar-refractivity contribution in [1.29, 1.82) is 0 Å². The van der Waals surface area contributed by atoms with E-state index in [9.17, 15) is 14.4 Å². The van der Waals surface area contributed by atoms with Crippen LogP contribution in [0.4, 0.5) is 11.4 Å². The summed E-state index contributed by atoms with van der Waals surface area (Å²) >= 11 is 0. The van der Waals surface area contributed by atoms with Crippen molar-refractivity contribution in [2.75, 3.05) is 17.2 Å². The largest absolute Gasteiger partial charge is 0.346 e. The van der Waals surface area contributed by atoms with Crippen LogP contribution in [0.2, 0.25) is 0 Å². The summed E-state index contributed by atoms with van der Waals surface area (Å²) in [5, 5.41) is 8.06. The van der Waals surface area contributed by atoms with Crippen LogP contribution >= 0.6 is 0 Å². The van der Waals surface area contributed by atoms with E-state index in [-0.39, 0.29) is 17.4 Å². The van der Waals surface area contributed by atoms with Crippen molar-refractivity contribution >= 4 is 34.6 Å². The fourth-order valence-electron chi connectivity index (χ4n) is 2.64. The molecule has 0 aliphatic carbocycles. The van der Waals surface area contributed by atoms with Crippen molar-refractivity contribution in [3.63, 3.8) is 0 Å². The standard InChI is InChI=1S/C20H19N5O3/c1-3-11-21-20(28)18-24-17(16-6-4-5-12-25(16)18)19(27)23-15-9-7-14(8-10-15)22-13(2)26/h3-10,12H,1,11H2,2H3,(H,21,28)(H,22,26)(H,23,27). The Morgan fingerprint density at radius 1 is 1.04 bits per heavy atom. The predicted molar refractivity (Wildman–Crippen MR) is 106 cm³/mol. The van der Waals surface area contributed by atoms with Crippen LogP contribution in [0.15, 0.2) is 61.3 Å². The zero-order valence-electron chi connectivity index (χ0n) is 15.2. The van der Waals surface area contributed by atoms with E-state index < -0.39 is 11.8 Å². The van der Waals surface area contributed by atoms with Gasteiger partial charge < -0.3 is 16.0 Å². The van der Waals surface area contributed by atoms with Gasteiger partial charge in [-0.15, -0.1) is 6.58 Å². The fourth-order valence-corrected chi connectivity index (χ4v) is 2.64. The summed E-state index contributed by atoms with van der Waals surface area (Å²) < 4.78 is 1.56. The monoisotopic (exact) mass is 377 g/mol. The summed E-state index contributed by atoms with van der Waals surface area (Å²) in [7, 11) is 0. The maximum Gasteiger partial charge on any atom is 0.287 e. The summed E-state index contributed by atoms with van der Waals surface area (Å²) in [6.45, 7) is 5.27. The SMILES string of the molecule is C=CCNC(=O)c1nc(C(=O)Nc2ccc(NC(C)=O)cc2)c2ccccn12. The Bertz CT molecular complexity index is 1050. The number of rotatable bonds is 6. The highest BCUT2D eigenvalue weighted by molar-refractivity contribution is 6.09. The number of pyridine rings is 1. The summed E-state index contributed by atoms with van der Waals surface area (Å²) in [6.07, 6.45) is 3.23. The lowest BCUT2D eigenvalue weighted by Crippen LogP contribution is -2.25. The van der Waals surface area contributed by atoms with Gasteiger partial charge in [-0.2, -0.15) is 0 Å². The van der Waals surface area contributed by atoms with Gasteiger partial charge in [0.1, 0.15) is 0 Å². The normalized spacial score (nSPS) is 10.3. The second kappa shape index (κ2) is 8.17. The third-order valence-corrected chi connectivity index (χ3v) is 3.84. The van der Waals surface area contributed by atoms with Gasteiger partial charge >= 0.3 is 0 Å². The van der Waals surface area contributed by atoms with Gasteiger partial charge in [0.25, 0.3) is 11.8 Å². The van der Waals surface area contributed by atoms with Crippen molar-refractivity contribution in [2.45, 2.75) is 6.92 Å². The van der Waals surface area contributed by atoms with Gasteiger partial charge in [0, 0.05) is 31.0 Å². The predicted octanol–water partition coefficient (Wildman–Crippen LogP) is 2.46. The first-order valence-electron chi connectivity index (χ1n) is 8.55. The van der Waals surface area contributed by atoms with Crippen molar-refractivity contribution < 1.29 is 14.4 Å². The Morgan fingerprint density at radius 3 is 2.36 bits per heavy atom. The minimum absolute atomic E-state index is 0.114. The Morgan fingerprint density at radius 2 is 1.71 bits per heavy atom. The van der Waals surface area contributed by atoms with E-state index in [0.717, 1.165) is 0 Å². The molecule has 0 saturated heterocycles. The van der Waals surface area contributed by atoms with Crippen LogP contribution in [0.5, 0.6) is 0 Å². The quantitative estimate of drug-likeness (QED) is 0.574. The molecule has 0 fully saturated rings. The molecule has 2 aromatic heterocycles. The molecule has 2 heterocycles. The van der Waals surface area contributed by atoms with Crippen molar-refractivity contribution in [1.82, 2.24) is 14.7 Å².